The molecule has 3 heterocycles. The Kier molecular flexibility index (Phi) is 39.8. The molecule has 0 bridgehead atoms. The molecule has 0 radical (unpaired) electrons. The topological polar surface area (TPSA) is 560 Å². The number of nitrogens with one attached hydrogen (secondary N) is 15. The number of hydrogen-bond acceptors (Lipinski definition) is 19. The lowest BCUT2D eigenvalue weighted by atomic mass is 10.0. The van der Waals surface area contributed by atoms with Gasteiger partial charge in [-0.2, -0.15) is 0 Å². The first-order chi connectivity index (χ1) is 53.6. The molecule has 1 fully saturated rings. The van der Waals surface area contributed by atoms with Gasteiger partial charge in [0.15, 0.2) is 11.1 Å². The van der Waals surface area contributed by atoms with Crippen molar-refractivity contribution in [1.82, 2.24) is 83.7 Å². The molecule has 0 saturated carbocycles. The summed E-state index contributed by atoms with van der Waals surface area (Å²) in [6.07, 6.45) is 6.85. The molecule has 1 aliphatic heterocycles. The zero-order valence-electron chi connectivity index (χ0n) is 63.2. The number of nitrogens with two attached hydrogens (primary N) is 3. The normalized spacial score (nSPS) is 15.7. The highest BCUT2D eigenvalue weighted by atomic mass is 32.1. The second-order valence-corrected chi connectivity index (χ2v) is 33.1. The van der Waals surface area contributed by atoms with Crippen molar-refractivity contribution in [2.75, 3.05) is 96.0 Å². The highest BCUT2D eigenvalue weighted by Crippen LogP contribution is 2.59. The summed E-state index contributed by atoms with van der Waals surface area (Å²) in [5.41, 5.74) is 19.9. The van der Waals surface area contributed by atoms with Gasteiger partial charge in [-0.1, -0.05) is 86.8 Å². The van der Waals surface area contributed by atoms with Crippen LogP contribution in [0.4, 0.5) is 5.69 Å². The van der Waals surface area contributed by atoms with Gasteiger partial charge in [0.25, 0.3) is 0 Å². The van der Waals surface area contributed by atoms with E-state index in [-0.39, 0.29) is 88.8 Å². The number of hydrogen-bond donors (Lipinski definition) is 21. The first kappa shape index (κ1) is 91.2. The van der Waals surface area contributed by atoms with Crippen LogP contribution in [0.1, 0.15) is 113 Å². The van der Waals surface area contributed by atoms with Crippen molar-refractivity contribution in [1.29, 1.82) is 0 Å². The number of nitrogens with zero attached hydrogens (tertiary/aromatic N) is 3. The van der Waals surface area contributed by atoms with E-state index in [1.165, 1.54) is 12.5 Å². The van der Waals surface area contributed by atoms with Gasteiger partial charge in [0, 0.05) is 113 Å². The number of guanidine groups is 1. The minimum atomic E-state index is -4.05. The Morgan fingerprint density at radius 2 is 1.21 bits per heavy atom. The summed E-state index contributed by atoms with van der Waals surface area (Å²) in [5, 5.41) is 48.3. The number of carboxylic acid groups (broad SMARTS) is 1. The number of aliphatic imine (C=N–C) groups is 1. The maximum absolute atomic E-state index is 14.8. The van der Waals surface area contributed by atoms with Gasteiger partial charge >= 0.3 is 5.97 Å². The van der Waals surface area contributed by atoms with Crippen LogP contribution in [0.5, 0.6) is 0 Å². The van der Waals surface area contributed by atoms with E-state index in [4.69, 9.17) is 29.4 Å². The third kappa shape index (κ3) is 35.8. The van der Waals surface area contributed by atoms with Gasteiger partial charge in [-0.3, -0.25) is 67.0 Å². The molecule has 9 amide bonds. The number of amides is 9. The minimum absolute atomic E-state index is 0.0171. The number of unbranched alkanes of at least 4 members (excludes halogenated alkanes) is 3. The van der Waals surface area contributed by atoms with Crippen LogP contribution in [0.3, 0.4) is 0 Å². The van der Waals surface area contributed by atoms with Crippen molar-refractivity contribution in [3.05, 3.63) is 120 Å². The molecule has 6 rings (SSSR count). The Balaban J connectivity index is 0.990. The average molecular weight is 1620 g/mol. The third-order valence-corrected chi connectivity index (χ3v) is 23.4. The number of carbonyl (C=O) groups excluding carboxylic acids is 9. The van der Waals surface area contributed by atoms with E-state index in [1.807, 2.05) is 30.0 Å². The minimum Gasteiger partial charge on any atom is -0.481 e. The van der Waals surface area contributed by atoms with Crippen molar-refractivity contribution in [3.63, 3.8) is 0 Å². The zero-order chi connectivity index (χ0) is 81.3. The third-order valence-electron chi connectivity index (χ3n) is 17.9. The second-order valence-electron chi connectivity index (χ2n) is 27.5. The summed E-state index contributed by atoms with van der Waals surface area (Å²) in [7, 11) is -8.04. The molecule has 1 saturated heterocycles. The van der Waals surface area contributed by atoms with E-state index in [1.54, 1.807) is 66.9 Å². The molecule has 614 valence electrons. The largest absolute Gasteiger partial charge is 0.481 e. The summed E-state index contributed by atoms with van der Waals surface area (Å²) >= 11 is 5.47. The maximum atomic E-state index is 14.8. The second kappa shape index (κ2) is 48.9. The molecule has 5 aromatic rings. The highest BCUT2D eigenvalue weighted by Gasteiger charge is 2.37. The molecule has 1 aliphatic rings. The van der Waals surface area contributed by atoms with Crippen LogP contribution in [0.25, 0.3) is 10.9 Å². The number of benzene rings is 3. The molecule has 2 unspecified atom stereocenters. The number of para-hydroxylation sites is 1. The lowest BCUT2D eigenvalue weighted by Crippen LogP contribution is -2.60. The Morgan fingerprint density at radius 1 is 0.589 bits per heavy atom. The van der Waals surface area contributed by atoms with Gasteiger partial charge in [-0.15, -0.1) is 0 Å². The molecule has 2 aromatic heterocycles. The maximum Gasteiger partial charge on any atom is 0.305 e. The summed E-state index contributed by atoms with van der Waals surface area (Å²) in [6, 6.07) is 13.5. The number of anilines is 1. The van der Waals surface area contributed by atoms with Crippen LogP contribution in [0.2, 0.25) is 0 Å². The SMILES string of the molecule is CCCC[C@H](NC(=O)CCNC(=O)CCCCCNC(=S)Nc1ccc(CP(=O)(O)CP(=O)(O)CN2CCCNCCNCCCNCC2)cc1)C(=O)N[C@@H](CC(=O)O)C(=O)N[C@@H](Cc1cnc[nH]1)C(=O)N[C@@H](Cc1ccccc1)C(=O)N[C@@H](CCCN=C(N)N)C(=O)N[C@@H](Cc1c[nH]c2ccccc12)C(=O)NCC(N)=O. The fraction of sp³-hybridized carbons (Fsp3) is 0.521. The first-order valence-corrected chi connectivity index (χ1v) is 42.2. The van der Waals surface area contributed by atoms with Gasteiger partial charge in [-0.05, 0) is 118 Å². The highest BCUT2D eigenvalue weighted by molar-refractivity contribution is 7.80. The van der Waals surface area contributed by atoms with Crippen molar-refractivity contribution in [2.45, 2.75) is 152 Å². The van der Waals surface area contributed by atoms with Crippen molar-refractivity contribution in [3.8, 4) is 0 Å². The van der Waals surface area contributed by atoms with Crippen LogP contribution in [0.15, 0.2) is 103 Å². The molecule has 8 atom stereocenters. The quantitative estimate of drug-likeness (QED) is 0.00803. The Bertz CT molecular complexity index is 3970. The standard InChI is InChI=1S/C73H111N21O15P2S/c1-2-3-18-56(88-64(97)26-32-81-63(96)21-8-5-11-30-83-73(112)87-52-24-22-50(23-25-52)45-110(106,107)48-111(108,109)47-94-36-14-29-78-34-33-77-27-13-28-79-35-37-94)67(101)93-61(41-65(98)99)71(105)92-60(40-53-43-80-46-86-53)70(104)90-58(38-49-15-6-4-7-16-49)69(103)89-57(20-12-31-82-72(75)76)68(102)91-59(66(100)85-44-62(74)95)39-51-42-84-55-19-10-9-17-54(51)55/h4,6-7,9-10,15-17,19,22-25,42-43,46,56-61,77-79,84H,2-3,5,8,11-14,18,20-21,26-41,44-45,47-48H2,1H3,(H2,74,95)(H,80,86)(H,81,96)(H,85,100)(H,88,97)(H,89,103)(H,90,104)(H,91,102)(H,92,105)(H,93,101)(H,98,99)(H,106,107)(H,108,109)(H4,75,76,82)(H2,83,87,112)/t56-,57-,58-,59-,60-,61-/m0/s1. The number of aliphatic carboxylic acids is 1. The number of thiocarbonyl (C=S) groups is 1. The van der Waals surface area contributed by atoms with E-state index in [2.05, 4.69) is 89.1 Å². The smallest absolute Gasteiger partial charge is 0.305 e. The molecule has 0 spiro atoms. The van der Waals surface area contributed by atoms with Crippen LogP contribution in [-0.4, -0.2) is 232 Å². The van der Waals surface area contributed by atoms with Crippen LogP contribution >= 0.6 is 27.0 Å². The molecule has 39 heteroatoms. The summed E-state index contributed by atoms with van der Waals surface area (Å²) in [6.45, 7) is 7.60. The Hall–Kier alpha value is -9.71. The lowest BCUT2D eigenvalue weighted by Gasteiger charge is -2.27. The van der Waals surface area contributed by atoms with E-state index < -0.39 is 123 Å². The molecule has 36 nitrogen and oxygen atoms in total. The number of aromatic amines is 2. The van der Waals surface area contributed by atoms with Crippen molar-refractivity contribution < 1.29 is 72.0 Å². The summed E-state index contributed by atoms with van der Waals surface area (Å²) < 4.78 is 26.8. The lowest BCUT2D eigenvalue weighted by molar-refractivity contribution is -0.141. The van der Waals surface area contributed by atoms with Crippen LogP contribution in [0, 0.1) is 0 Å². The number of carbonyl (C=O) groups is 10. The molecule has 0 aliphatic carbocycles. The van der Waals surface area contributed by atoms with E-state index in [0.29, 0.717) is 91.5 Å². The molecule has 3 aromatic carbocycles. The molecule has 24 N–H and O–H groups in total. The van der Waals surface area contributed by atoms with E-state index in [0.717, 1.165) is 56.5 Å². The van der Waals surface area contributed by atoms with Crippen molar-refractivity contribution in [2.24, 2.45) is 22.2 Å². The molecular formula is C73H111N21O15P2S. The number of H-pyrrole nitrogens is 2. The molecular weight excluding hydrogens is 1500 g/mol. The number of primary amides is 1. The average Bonchev–Trinajstić information content (AvgIpc) is 1.63. The van der Waals surface area contributed by atoms with E-state index >= 15 is 0 Å². The van der Waals surface area contributed by atoms with Gasteiger partial charge in [0.05, 0.1) is 31.7 Å². The number of aromatic nitrogens is 3. The first-order valence-electron chi connectivity index (χ1n) is 37.7. The number of fused-ring (bicyclic) bond motifs is 1. The summed E-state index contributed by atoms with van der Waals surface area (Å²) in [4.78, 5) is 174. The van der Waals surface area contributed by atoms with Crippen LogP contribution in [-0.2, 0) is 82.5 Å². The Morgan fingerprint density at radius 3 is 1.88 bits per heavy atom. The van der Waals surface area contributed by atoms with Gasteiger partial charge in [-0.25, -0.2) is 4.98 Å². The summed E-state index contributed by atoms with van der Waals surface area (Å²) in [5.74, 6) is -9.76. The van der Waals surface area contributed by atoms with Gasteiger partial charge in [0.2, 0.25) is 67.9 Å². The molecule has 112 heavy (non-hydrogen) atoms. The number of imidazole rings is 1. The number of carboxylic acids is 1. The Labute approximate surface area is 656 Å². The number of rotatable bonds is 45. The fourth-order valence-corrected chi connectivity index (χ4v) is 17.7. The predicted molar refractivity (Wildman–Crippen MR) is 429 cm³/mol. The fourth-order valence-electron chi connectivity index (χ4n) is 12.3. The predicted octanol–water partition coefficient (Wildman–Crippen LogP) is 0.0214. The van der Waals surface area contributed by atoms with Crippen molar-refractivity contribution >= 4 is 114 Å². The van der Waals surface area contributed by atoms with Gasteiger partial charge < -0.3 is 111 Å². The monoisotopic (exact) mass is 1620 g/mol. The van der Waals surface area contributed by atoms with Gasteiger partial charge in [0.1, 0.15) is 42.2 Å². The zero-order valence-corrected chi connectivity index (χ0v) is 65.8. The van der Waals surface area contributed by atoms with E-state index in [9.17, 15) is 72.0 Å². The van der Waals surface area contributed by atoms with Crippen LogP contribution < -0.4 is 86.3 Å².